The number of aliphatic hydroxyl groups is 3. The number of carboxylic acid groups (broad SMARTS) is 1. The SMILES string of the molecule is CC/C(=C(/c1ccc(OCCNC)cc1)c1ccc(OC2OC(C(=O)O)C(O)C(O)C2O)cc1)c1ccccc1. The van der Waals surface area contributed by atoms with Gasteiger partial charge in [0.1, 0.15) is 36.4 Å². The van der Waals surface area contributed by atoms with Gasteiger partial charge in [-0.05, 0) is 65.6 Å². The van der Waals surface area contributed by atoms with Crippen molar-refractivity contribution < 1.29 is 39.4 Å². The molecule has 3 aromatic carbocycles. The van der Waals surface area contributed by atoms with Gasteiger partial charge in [-0.3, -0.25) is 0 Å². The van der Waals surface area contributed by atoms with Crippen LogP contribution >= 0.6 is 0 Å². The molecule has 0 amide bonds. The van der Waals surface area contributed by atoms with E-state index in [0.717, 1.165) is 46.6 Å². The normalized spacial score (nSPS) is 23.3. The molecule has 0 aliphatic carbocycles. The average molecular weight is 550 g/mol. The van der Waals surface area contributed by atoms with E-state index in [-0.39, 0.29) is 0 Å². The second-order valence-corrected chi connectivity index (χ2v) is 9.43. The van der Waals surface area contributed by atoms with Crippen LogP contribution in [0.25, 0.3) is 11.1 Å². The minimum Gasteiger partial charge on any atom is -0.492 e. The van der Waals surface area contributed by atoms with Gasteiger partial charge in [-0.25, -0.2) is 4.79 Å². The second kappa shape index (κ2) is 13.6. The van der Waals surface area contributed by atoms with Crippen LogP contribution in [0, 0.1) is 0 Å². The van der Waals surface area contributed by atoms with Crippen LogP contribution in [0.4, 0.5) is 0 Å². The Morgan fingerprint density at radius 2 is 1.43 bits per heavy atom. The number of hydrogen-bond acceptors (Lipinski definition) is 8. The first-order chi connectivity index (χ1) is 19.3. The summed E-state index contributed by atoms with van der Waals surface area (Å²) >= 11 is 0. The quantitative estimate of drug-likeness (QED) is 0.181. The summed E-state index contributed by atoms with van der Waals surface area (Å²) in [5.41, 5.74) is 5.19. The first-order valence-electron chi connectivity index (χ1n) is 13.2. The molecule has 4 rings (SSSR count). The number of benzene rings is 3. The van der Waals surface area contributed by atoms with E-state index in [2.05, 4.69) is 24.4 Å². The predicted molar refractivity (Wildman–Crippen MR) is 150 cm³/mol. The standard InChI is InChI=1S/C31H35NO8/c1-3-24(19-7-5-4-6-8-19)25(20-9-13-22(14-10-20)38-18-17-32-2)21-11-15-23(16-12-21)39-31-28(35)26(33)27(34)29(40-31)30(36)37/h4-16,26-29,31-35H,3,17-18H2,1-2H3,(H,36,37)/b25-24+. The predicted octanol–water partition coefficient (Wildman–Crippen LogP) is 2.92. The summed E-state index contributed by atoms with van der Waals surface area (Å²) in [6.07, 6.45) is -7.60. The molecule has 0 saturated carbocycles. The van der Waals surface area contributed by atoms with Gasteiger partial charge in [0.05, 0.1) is 0 Å². The highest BCUT2D eigenvalue weighted by atomic mass is 16.7. The summed E-state index contributed by atoms with van der Waals surface area (Å²) in [4.78, 5) is 11.4. The average Bonchev–Trinajstić information content (AvgIpc) is 2.97. The van der Waals surface area contributed by atoms with Gasteiger partial charge in [0.15, 0.2) is 6.10 Å². The third-order valence-electron chi connectivity index (χ3n) is 6.75. The van der Waals surface area contributed by atoms with Crippen LogP contribution < -0.4 is 14.8 Å². The lowest BCUT2D eigenvalue weighted by Gasteiger charge is -2.38. The van der Waals surface area contributed by atoms with Crippen LogP contribution in [0.2, 0.25) is 0 Å². The van der Waals surface area contributed by atoms with Crippen LogP contribution in [0.3, 0.4) is 0 Å². The molecule has 212 valence electrons. The largest absolute Gasteiger partial charge is 0.492 e. The van der Waals surface area contributed by atoms with Gasteiger partial charge < -0.3 is 40.0 Å². The molecule has 5 N–H and O–H groups in total. The number of nitrogens with one attached hydrogen (secondary N) is 1. The Bertz CT molecular complexity index is 1280. The maximum Gasteiger partial charge on any atom is 0.335 e. The summed E-state index contributed by atoms with van der Waals surface area (Å²) in [5.74, 6) is -0.396. The Morgan fingerprint density at radius 1 is 0.825 bits per heavy atom. The molecule has 0 radical (unpaired) electrons. The second-order valence-electron chi connectivity index (χ2n) is 9.43. The summed E-state index contributed by atoms with van der Waals surface area (Å²) < 4.78 is 16.7. The van der Waals surface area contributed by atoms with Gasteiger partial charge >= 0.3 is 5.97 Å². The fourth-order valence-electron chi connectivity index (χ4n) is 4.65. The van der Waals surface area contributed by atoms with Crippen molar-refractivity contribution >= 4 is 17.1 Å². The van der Waals surface area contributed by atoms with Gasteiger partial charge in [-0.15, -0.1) is 0 Å². The fraction of sp³-hybridized carbons (Fsp3) is 0.323. The lowest BCUT2D eigenvalue weighted by Crippen LogP contribution is -2.61. The maximum atomic E-state index is 11.4. The van der Waals surface area contributed by atoms with E-state index in [4.69, 9.17) is 14.2 Å². The number of rotatable bonds is 11. The third kappa shape index (κ3) is 6.70. The smallest absolute Gasteiger partial charge is 0.335 e. The van der Waals surface area contributed by atoms with E-state index < -0.39 is 36.7 Å². The molecule has 1 aliphatic rings. The number of hydrogen-bond donors (Lipinski definition) is 5. The van der Waals surface area contributed by atoms with Gasteiger partial charge in [-0.1, -0.05) is 61.5 Å². The van der Waals surface area contributed by atoms with Gasteiger partial charge in [0, 0.05) is 6.54 Å². The van der Waals surface area contributed by atoms with Crippen molar-refractivity contribution in [3.05, 3.63) is 95.6 Å². The van der Waals surface area contributed by atoms with Crippen LogP contribution in [-0.4, -0.2) is 77.3 Å². The molecular weight excluding hydrogens is 514 g/mol. The summed E-state index contributed by atoms with van der Waals surface area (Å²) in [6, 6.07) is 25.2. The number of carboxylic acids is 1. The van der Waals surface area contributed by atoms with Crippen molar-refractivity contribution in [2.24, 2.45) is 0 Å². The lowest BCUT2D eigenvalue weighted by atomic mass is 9.88. The molecule has 0 bridgehead atoms. The first kappa shape index (κ1) is 29.3. The third-order valence-corrected chi connectivity index (χ3v) is 6.75. The zero-order chi connectivity index (χ0) is 28.6. The molecule has 1 fully saturated rings. The first-order valence-corrected chi connectivity index (χ1v) is 13.2. The monoisotopic (exact) mass is 549 g/mol. The molecule has 1 heterocycles. The van der Waals surface area contributed by atoms with Crippen molar-refractivity contribution in [3.8, 4) is 11.5 Å². The zero-order valence-corrected chi connectivity index (χ0v) is 22.4. The maximum absolute atomic E-state index is 11.4. The Hall–Kier alpha value is -3.73. The summed E-state index contributed by atoms with van der Waals surface area (Å²) in [5, 5.41) is 42.7. The molecule has 0 spiro atoms. The van der Waals surface area contributed by atoms with E-state index in [1.807, 2.05) is 61.6 Å². The molecule has 3 aromatic rings. The lowest BCUT2D eigenvalue weighted by molar-refractivity contribution is -0.271. The fourth-order valence-corrected chi connectivity index (χ4v) is 4.65. The van der Waals surface area contributed by atoms with Gasteiger partial charge in [0.25, 0.3) is 0 Å². The number of allylic oxidation sites excluding steroid dienone is 1. The number of ether oxygens (including phenoxy) is 3. The van der Waals surface area contributed by atoms with Crippen LogP contribution in [0.1, 0.15) is 30.0 Å². The molecule has 1 saturated heterocycles. The van der Waals surface area contributed by atoms with E-state index in [0.29, 0.717) is 12.4 Å². The molecule has 1 aliphatic heterocycles. The molecule has 0 aromatic heterocycles. The van der Waals surface area contributed by atoms with Crippen molar-refractivity contribution in [3.63, 3.8) is 0 Å². The molecule has 40 heavy (non-hydrogen) atoms. The number of aliphatic carboxylic acids is 1. The Morgan fingerprint density at radius 3 is 1.98 bits per heavy atom. The number of aliphatic hydroxyl groups excluding tert-OH is 3. The molecular formula is C31H35NO8. The number of likely N-dealkylation sites (N-methyl/N-ethyl adjacent to an activating group) is 1. The van der Waals surface area contributed by atoms with Gasteiger partial charge in [-0.2, -0.15) is 0 Å². The Kier molecular flexibility index (Phi) is 9.92. The van der Waals surface area contributed by atoms with E-state index in [1.165, 1.54) is 0 Å². The number of carbonyl (C=O) groups is 1. The van der Waals surface area contributed by atoms with Crippen molar-refractivity contribution in [2.45, 2.75) is 44.1 Å². The molecule has 5 atom stereocenters. The van der Waals surface area contributed by atoms with E-state index >= 15 is 0 Å². The molecule has 5 unspecified atom stereocenters. The van der Waals surface area contributed by atoms with E-state index in [9.17, 15) is 25.2 Å². The van der Waals surface area contributed by atoms with Crippen molar-refractivity contribution in [2.75, 3.05) is 20.2 Å². The Balaban J connectivity index is 1.65. The summed E-state index contributed by atoms with van der Waals surface area (Å²) in [7, 11) is 1.88. The molecule has 9 heteroatoms. The highest BCUT2D eigenvalue weighted by molar-refractivity contribution is 5.98. The van der Waals surface area contributed by atoms with Gasteiger partial charge in [0.2, 0.25) is 6.29 Å². The highest BCUT2D eigenvalue weighted by Crippen LogP contribution is 2.36. The van der Waals surface area contributed by atoms with Crippen molar-refractivity contribution in [1.82, 2.24) is 5.32 Å². The van der Waals surface area contributed by atoms with Crippen LogP contribution in [0.5, 0.6) is 11.5 Å². The van der Waals surface area contributed by atoms with Crippen molar-refractivity contribution in [1.29, 1.82) is 0 Å². The minimum absolute atomic E-state index is 0.297. The topological polar surface area (TPSA) is 138 Å². The summed E-state index contributed by atoms with van der Waals surface area (Å²) in [6.45, 7) is 3.41. The van der Waals surface area contributed by atoms with Crippen LogP contribution in [0.15, 0.2) is 78.9 Å². The molecule has 9 nitrogen and oxygen atoms in total. The highest BCUT2D eigenvalue weighted by Gasteiger charge is 2.48. The zero-order valence-electron chi connectivity index (χ0n) is 22.4. The van der Waals surface area contributed by atoms with Crippen LogP contribution in [-0.2, 0) is 9.53 Å². The Labute approximate surface area is 233 Å². The van der Waals surface area contributed by atoms with E-state index in [1.54, 1.807) is 12.1 Å². The minimum atomic E-state index is -1.78.